The van der Waals surface area contributed by atoms with Crippen LogP contribution in [0.1, 0.15) is 27.2 Å². The van der Waals surface area contributed by atoms with Gasteiger partial charge in [-0.25, -0.2) is 0 Å². The van der Waals surface area contributed by atoms with Crippen LogP contribution in [-0.4, -0.2) is 60.2 Å². The highest BCUT2D eigenvalue weighted by molar-refractivity contribution is 8.12. The summed E-state index contributed by atoms with van der Waals surface area (Å²) >= 11 is 10.4. The highest BCUT2D eigenvalue weighted by Crippen LogP contribution is 2.31. The molecule has 3 atom stereocenters. The molecular formula is C45H54O6S2Si5. The fraction of sp³-hybridized carbons (Fsp3) is 0.200. The van der Waals surface area contributed by atoms with E-state index in [2.05, 4.69) is 135 Å². The molecule has 6 aromatic rings. The van der Waals surface area contributed by atoms with E-state index >= 15 is 0 Å². The van der Waals surface area contributed by atoms with Crippen LogP contribution in [0.5, 0.6) is 0 Å². The van der Waals surface area contributed by atoms with Gasteiger partial charge in [-0.05, 0) is 64.5 Å². The summed E-state index contributed by atoms with van der Waals surface area (Å²) in [5, 5.41) is 5.54. The zero-order valence-electron chi connectivity index (χ0n) is 33.9. The van der Waals surface area contributed by atoms with Crippen molar-refractivity contribution >= 4 is 98.3 Å². The number of hydrogen-bond donors (Lipinski definition) is 2. The van der Waals surface area contributed by atoms with Crippen LogP contribution in [-0.2, 0) is 25.6 Å². The quantitative estimate of drug-likeness (QED) is 0.0532. The SMILES string of the molecule is CCOC(S)(CC)[SiH](C)O[Si](O[Si](O[Si](O[Si](C)(S)OCC)(c1ccccc1)c1ccccc1)(c1ccccc1)c1ccccc1)(c1ccccc1)c1ccccc1. The van der Waals surface area contributed by atoms with Gasteiger partial charge in [0.05, 0.1) is 0 Å². The molecule has 13 heteroatoms. The first-order valence-electron chi connectivity index (χ1n) is 19.9. The highest BCUT2D eigenvalue weighted by atomic mass is 32.3. The molecule has 0 saturated heterocycles. The molecule has 0 radical (unpaired) electrons. The third kappa shape index (κ3) is 9.73. The Hall–Kier alpha value is -3.14. The number of benzene rings is 6. The molecule has 0 heterocycles. The second kappa shape index (κ2) is 20.0. The van der Waals surface area contributed by atoms with Crippen molar-refractivity contribution < 1.29 is 25.6 Å². The molecular weight excluding hydrogens is 841 g/mol. The van der Waals surface area contributed by atoms with Crippen molar-refractivity contribution in [2.45, 2.75) is 44.8 Å². The Morgan fingerprint density at radius 1 is 0.466 bits per heavy atom. The van der Waals surface area contributed by atoms with Crippen LogP contribution in [0.15, 0.2) is 182 Å². The number of ether oxygens (including phenoxy) is 1. The van der Waals surface area contributed by atoms with Gasteiger partial charge in [0.15, 0.2) is 0 Å². The van der Waals surface area contributed by atoms with Crippen LogP contribution in [0, 0.1) is 0 Å². The Morgan fingerprint density at radius 2 is 0.759 bits per heavy atom. The lowest BCUT2D eigenvalue weighted by Crippen LogP contribution is -2.81. The molecule has 6 nitrogen and oxygen atoms in total. The summed E-state index contributed by atoms with van der Waals surface area (Å²) in [5.74, 6) is 0. The smallest absolute Gasteiger partial charge is 0.391 e. The summed E-state index contributed by atoms with van der Waals surface area (Å²) < 4.78 is 44.2. The van der Waals surface area contributed by atoms with Gasteiger partial charge in [0.25, 0.3) is 0 Å². The Morgan fingerprint density at radius 3 is 1.05 bits per heavy atom. The van der Waals surface area contributed by atoms with Gasteiger partial charge in [0, 0.05) is 13.2 Å². The first-order valence-corrected chi connectivity index (χ1v) is 31.6. The standard InChI is InChI=1S/C45H54O6S2Si5/c1-6-45(52,46-7-2)54(4)48-56(39-27-15-9-16-28-39,40-29-17-10-18-30-40)50-58(43-35-23-13-24-36-43,44-37-25-14-26-38-44)51-57(41-31-19-11-20-32-41,42-33-21-12-22-34-42)49-55(5,53)47-8-3/h9-38,52-54H,6-8H2,1-5H3. The fourth-order valence-corrected chi connectivity index (χ4v) is 31.6. The molecule has 3 unspecified atom stereocenters. The van der Waals surface area contributed by atoms with Gasteiger partial charge in [-0.15, -0.1) is 24.7 Å². The average molecular weight is 895 g/mol. The first kappa shape index (κ1) is 44.4. The zero-order chi connectivity index (χ0) is 41.1. The van der Waals surface area contributed by atoms with Crippen LogP contribution in [0.4, 0.5) is 0 Å². The summed E-state index contributed by atoms with van der Waals surface area (Å²) in [6.07, 6.45) is 0.663. The molecule has 6 aromatic carbocycles. The average Bonchev–Trinajstić information content (AvgIpc) is 3.27. The maximum atomic E-state index is 8.41. The van der Waals surface area contributed by atoms with Crippen LogP contribution < -0.4 is 31.1 Å². The molecule has 0 N–H and O–H groups in total. The van der Waals surface area contributed by atoms with E-state index in [1.54, 1.807) is 0 Å². The summed E-state index contributed by atoms with van der Waals surface area (Å²) in [7, 11) is -17.4. The second-order valence-corrected chi connectivity index (χ2v) is 32.6. The Kier molecular flexibility index (Phi) is 15.3. The topological polar surface area (TPSA) is 55.4 Å². The lowest BCUT2D eigenvalue weighted by Gasteiger charge is -2.48. The molecule has 0 aliphatic rings. The molecule has 0 amide bonds. The van der Waals surface area contributed by atoms with Crippen molar-refractivity contribution in [2.75, 3.05) is 13.2 Å². The predicted molar refractivity (Wildman–Crippen MR) is 257 cm³/mol. The minimum absolute atomic E-state index is 0.438. The summed E-state index contributed by atoms with van der Waals surface area (Å²) in [5.41, 5.74) is 0. The van der Waals surface area contributed by atoms with E-state index in [9.17, 15) is 0 Å². The van der Waals surface area contributed by atoms with Gasteiger partial charge in [-0.3, -0.25) is 0 Å². The number of hydrogen-bond acceptors (Lipinski definition) is 8. The zero-order valence-corrected chi connectivity index (χ0v) is 40.8. The maximum Gasteiger partial charge on any atom is 0.391 e. The molecule has 302 valence electrons. The van der Waals surface area contributed by atoms with Crippen molar-refractivity contribution in [3.8, 4) is 0 Å². The molecule has 0 fully saturated rings. The van der Waals surface area contributed by atoms with Gasteiger partial charge in [-0.1, -0.05) is 189 Å². The van der Waals surface area contributed by atoms with Crippen LogP contribution in [0.25, 0.3) is 0 Å². The van der Waals surface area contributed by atoms with Gasteiger partial charge in [-0.2, -0.15) is 0 Å². The van der Waals surface area contributed by atoms with E-state index in [0.717, 1.165) is 31.1 Å². The Bertz CT molecular complexity index is 2010. The number of rotatable bonds is 20. The van der Waals surface area contributed by atoms with Gasteiger partial charge < -0.3 is 25.6 Å². The van der Waals surface area contributed by atoms with Crippen LogP contribution >= 0.6 is 24.7 Å². The Labute approximate surface area is 361 Å². The van der Waals surface area contributed by atoms with Crippen LogP contribution in [0.2, 0.25) is 13.1 Å². The van der Waals surface area contributed by atoms with E-state index in [4.69, 9.17) is 50.3 Å². The van der Waals surface area contributed by atoms with Gasteiger partial charge >= 0.3 is 33.4 Å². The fourth-order valence-electron chi connectivity index (χ4n) is 7.30. The molecule has 0 aliphatic heterocycles. The molecule has 58 heavy (non-hydrogen) atoms. The highest BCUT2D eigenvalue weighted by Gasteiger charge is 2.62. The van der Waals surface area contributed by atoms with Crippen molar-refractivity contribution in [3.05, 3.63) is 182 Å². The van der Waals surface area contributed by atoms with E-state index in [-0.39, 0.29) is 0 Å². The predicted octanol–water partition coefficient (Wildman–Crippen LogP) is 6.32. The number of thiol groups is 2. The molecule has 6 rings (SSSR count). The first-order chi connectivity index (χ1) is 28.1. The van der Waals surface area contributed by atoms with Crippen molar-refractivity contribution in [1.82, 2.24) is 0 Å². The van der Waals surface area contributed by atoms with Crippen molar-refractivity contribution in [3.63, 3.8) is 0 Å². The Balaban J connectivity index is 1.76. The van der Waals surface area contributed by atoms with E-state index in [1.807, 2.05) is 81.1 Å². The third-order valence-electron chi connectivity index (χ3n) is 10.1. The largest absolute Gasteiger partial charge is 0.429 e. The lowest BCUT2D eigenvalue weighted by atomic mass is 10.4. The van der Waals surface area contributed by atoms with E-state index in [1.165, 1.54) is 0 Å². The second-order valence-electron chi connectivity index (χ2n) is 14.1. The maximum absolute atomic E-state index is 8.41. The normalized spacial score (nSPS) is 14.9. The minimum Gasteiger partial charge on any atom is -0.429 e. The van der Waals surface area contributed by atoms with E-state index < -0.39 is 47.0 Å². The minimum atomic E-state index is -4.06. The molecule has 0 aliphatic carbocycles. The van der Waals surface area contributed by atoms with Gasteiger partial charge in [0.2, 0.25) is 9.04 Å². The van der Waals surface area contributed by atoms with E-state index in [0.29, 0.717) is 19.6 Å². The molecule has 0 aromatic heterocycles. The van der Waals surface area contributed by atoms with Gasteiger partial charge in [0.1, 0.15) is 4.56 Å². The van der Waals surface area contributed by atoms with Crippen LogP contribution in [0.3, 0.4) is 0 Å². The van der Waals surface area contributed by atoms with Crippen molar-refractivity contribution in [2.24, 2.45) is 0 Å². The molecule has 0 saturated carbocycles. The lowest BCUT2D eigenvalue weighted by molar-refractivity contribution is 0.0787. The molecule has 0 spiro atoms. The summed E-state index contributed by atoms with van der Waals surface area (Å²) in [4.78, 5) is 0. The monoisotopic (exact) mass is 894 g/mol. The van der Waals surface area contributed by atoms with Crippen molar-refractivity contribution in [1.29, 1.82) is 0 Å². The third-order valence-corrected chi connectivity index (χ3v) is 32.1. The summed E-state index contributed by atoms with van der Waals surface area (Å²) in [6.45, 7) is 11.2. The molecule has 0 bridgehead atoms. The summed E-state index contributed by atoms with van der Waals surface area (Å²) in [6, 6.07) is 62.1.